The van der Waals surface area contributed by atoms with E-state index >= 15 is 0 Å². The van der Waals surface area contributed by atoms with Gasteiger partial charge in [-0.2, -0.15) is 0 Å². The molecule has 0 aliphatic carbocycles. The van der Waals surface area contributed by atoms with E-state index < -0.39 is 0 Å². The van der Waals surface area contributed by atoms with Crippen molar-refractivity contribution in [3.05, 3.63) is 47.3 Å². The number of anilines is 1. The molecule has 1 aromatic carbocycles. The van der Waals surface area contributed by atoms with Gasteiger partial charge in [0.2, 0.25) is 5.95 Å². The number of benzene rings is 1. The Hall–Kier alpha value is -2.89. The fourth-order valence-corrected chi connectivity index (χ4v) is 2.22. The summed E-state index contributed by atoms with van der Waals surface area (Å²) in [5.74, 6) is 1.33. The Morgan fingerprint density at radius 2 is 1.88 bits per heavy atom. The summed E-state index contributed by atoms with van der Waals surface area (Å²) in [6.07, 6.45) is 4.05. The number of amides is 1. The van der Waals surface area contributed by atoms with Crippen LogP contribution in [0.5, 0.6) is 11.5 Å². The number of carbonyl (C=O) groups excluding carboxylic acids is 1. The van der Waals surface area contributed by atoms with E-state index in [-0.39, 0.29) is 5.91 Å². The van der Waals surface area contributed by atoms with E-state index in [1.807, 2.05) is 45.0 Å². The van der Waals surface area contributed by atoms with Gasteiger partial charge >= 0.3 is 0 Å². The molecule has 0 saturated heterocycles. The minimum absolute atomic E-state index is 0.296. The summed E-state index contributed by atoms with van der Waals surface area (Å²) in [5, 5.41) is 2.66. The molecule has 1 amide bonds. The van der Waals surface area contributed by atoms with Crippen LogP contribution in [0.2, 0.25) is 0 Å². The number of ether oxygens (including phenoxy) is 2. The molecule has 0 saturated carbocycles. The number of aromatic nitrogens is 2. The number of hydrogen-bond donors (Lipinski definition) is 1. The van der Waals surface area contributed by atoms with Crippen molar-refractivity contribution in [1.82, 2.24) is 9.97 Å². The van der Waals surface area contributed by atoms with Crippen molar-refractivity contribution in [1.29, 1.82) is 0 Å². The van der Waals surface area contributed by atoms with E-state index in [2.05, 4.69) is 15.3 Å². The Morgan fingerprint density at radius 3 is 2.52 bits per heavy atom. The van der Waals surface area contributed by atoms with Crippen molar-refractivity contribution in [3.8, 4) is 11.5 Å². The van der Waals surface area contributed by atoms with Crippen molar-refractivity contribution >= 4 is 17.9 Å². The number of aryl methyl sites for hydroxylation is 2. The first-order valence-corrected chi connectivity index (χ1v) is 8.14. The largest absolute Gasteiger partial charge is 0.493 e. The molecule has 0 unspecified atom stereocenters. The molecule has 0 aliphatic heterocycles. The van der Waals surface area contributed by atoms with E-state index in [0.717, 1.165) is 23.4 Å². The summed E-state index contributed by atoms with van der Waals surface area (Å²) in [4.78, 5) is 20.4. The molecular weight excluding hydrogens is 318 g/mol. The molecule has 0 atom stereocenters. The van der Waals surface area contributed by atoms with Crippen molar-refractivity contribution in [3.63, 3.8) is 0 Å². The number of carbonyl (C=O) groups is 1. The highest BCUT2D eigenvalue weighted by molar-refractivity contribution is 6.00. The van der Waals surface area contributed by atoms with Crippen LogP contribution in [-0.2, 0) is 4.79 Å². The van der Waals surface area contributed by atoms with Gasteiger partial charge in [-0.05, 0) is 50.1 Å². The van der Waals surface area contributed by atoms with Gasteiger partial charge in [0.25, 0.3) is 5.91 Å². The number of nitrogens with one attached hydrogen (secondary N) is 1. The van der Waals surface area contributed by atoms with Crippen molar-refractivity contribution in [2.24, 2.45) is 0 Å². The minimum atomic E-state index is -0.296. The van der Waals surface area contributed by atoms with E-state index in [9.17, 15) is 4.79 Å². The maximum absolute atomic E-state index is 12.0. The lowest BCUT2D eigenvalue weighted by atomic mass is 10.2. The molecule has 1 heterocycles. The summed E-state index contributed by atoms with van der Waals surface area (Å²) >= 11 is 0. The topological polar surface area (TPSA) is 73.3 Å². The van der Waals surface area contributed by atoms with E-state index in [0.29, 0.717) is 24.1 Å². The molecule has 25 heavy (non-hydrogen) atoms. The van der Waals surface area contributed by atoms with Gasteiger partial charge < -0.3 is 9.47 Å². The Kier molecular flexibility index (Phi) is 6.51. The summed E-state index contributed by atoms with van der Waals surface area (Å²) in [6, 6.07) is 7.37. The fourth-order valence-electron chi connectivity index (χ4n) is 2.22. The lowest BCUT2D eigenvalue weighted by Gasteiger charge is -2.10. The minimum Gasteiger partial charge on any atom is -0.493 e. The van der Waals surface area contributed by atoms with E-state index in [1.165, 1.54) is 6.08 Å². The van der Waals surface area contributed by atoms with Gasteiger partial charge in [0, 0.05) is 17.5 Å². The monoisotopic (exact) mass is 341 g/mol. The van der Waals surface area contributed by atoms with Gasteiger partial charge in [0.05, 0.1) is 13.7 Å². The molecule has 2 aromatic rings. The lowest BCUT2D eigenvalue weighted by Crippen LogP contribution is -2.11. The van der Waals surface area contributed by atoms with Crippen LogP contribution in [0, 0.1) is 13.8 Å². The Labute approximate surface area is 147 Å². The Bertz CT molecular complexity index is 752. The van der Waals surface area contributed by atoms with Crippen LogP contribution in [-0.4, -0.2) is 29.6 Å². The second kappa shape index (κ2) is 8.82. The lowest BCUT2D eigenvalue weighted by molar-refractivity contribution is -0.111. The number of methoxy groups -OCH3 is 1. The molecular formula is C19H23N3O3. The number of rotatable bonds is 7. The molecule has 0 aliphatic rings. The fraction of sp³-hybridized carbons (Fsp3) is 0.316. The van der Waals surface area contributed by atoms with Crippen LogP contribution in [0.1, 0.15) is 30.3 Å². The molecule has 0 bridgehead atoms. The van der Waals surface area contributed by atoms with Gasteiger partial charge in [0.1, 0.15) is 0 Å². The van der Waals surface area contributed by atoms with Gasteiger partial charge in [-0.1, -0.05) is 13.0 Å². The summed E-state index contributed by atoms with van der Waals surface area (Å²) in [7, 11) is 1.59. The van der Waals surface area contributed by atoms with Crippen LogP contribution >= 0.6 is 0 Å². The molecule has 132 valence electrons. The highest BCUT2D eigenvalue weighted by atomic mass is 16.5. The summed E-state index contributed by atoms with van der Waals surface area (Å²) in [6.45, 7) is 6.38. The zero-order chi connectivity index (χ0) is 18.2. The maximum atomic E-state index is 12.0. The number of hydrogen-bond acceptors (Lipinski definition) is 5. The predicted octanol–water partition coefficient (Wildman–Crippen LogP) is 3.54. The van der Waals surface area contributed by atoms with Crippen LogP contribution in [0.15, 0.2) is 30.3 Å². The first kappa shape index (κ1) is 18.4. The van der Waals surface area contributed by atoms with Crippen molar-refractivity contribution in [2.75, 3.05) is 19.0 Å². The standard InChI is InChI=1S/C19H23N3O3/c1-5-10-25-16-8-6-15(12-17(16)24-4)7-9-18(23)22-19-20-13(2)11-14(3)21-19/h6-9,11-12H,5,10H2,1-4H3,(H,20,21,22,23). The van der Waals surface area contributed by atoms with Crippen LogP contribution < -0.4 is 14.8 Å². The van der Waals surface area contributed by atoms with Crippen LogP contribution in [0.25, 0.3) is 6.08 Å². The third-order valence-corrected chi connectivity index (χ3v) is 3.29. The average molecular weight is 341 g/mol. The molecule has 0 fully saturated rings. The highest BCUT2D eigenvalue weighted by Crippen LogP contribution is 2.28. The van der Waals surface area contributed by atoms with Gasteiger partial charge in [-0.15, -0.1) is 0 Å². The maximum Gasteiger partial charge on any atom is 0.250 e. The normalized spacial score (nSPS) is 10.7. The van der Waals surface area contributed by atoms with Crippen molar-refractivity contribution < 1.29 is 14.3 Å². The average Bonchev–Trinajstić information content (AvgIpc) is 2.57. The Morgan fingerprint density at radius 1 is 1.16 bits per heavy atom. The van der Waals surface area contributed by atoms with E-state index in [1.54, 1.807) is 13.2 Å². The van der Waals surface area contributed by atoms with Crippen molar-refractivity contribution in [2.45, 2.75) is 27.2 Å². The SMILES string of the molecule is CCCOc1ccc(C=CC(=O)Nc2nc(C)cc(C)n2)cc1OC. The second-order valence-corrected chi connectivity index (χ2v) is 5.56. The van der Waals surface area contributed by atoms with E-state index in [4.69, 9.17) is 9.47 Å². The zero-order valence-corrected chi connectivity index (χ0v) is 15.0. The first-order chi connectivity index (χ1) is 12.0. The van der Waals surface area contributed by atoms with Gasteiger partial charge in [-0.25, -0.2) is 9.97 Å². The van der Waals surface area contributed by atoms with Crippen LogP contribution in [0.3, 0.4) is 0 Å². The smallest absolute Gasteiger partial charge is 0.250 e. The predicted molar refractivity (Wildman–Crippen MR) is 97.9 cm³/mol. The first-order valence-electron chi connectivity index (χ1n) is 8.14. The highest BCUT2D eigenvalue weighted by Gasteiger charge is 2.06. The van der Waals surface area contributed by atoms with Gasteiger partial charge in [0.15, 0.2) is 11.5 Å². The number of nitrogens with zero attached hydrogens (tertiary/aromatic N) is 2. The van der Waals surface area contributed by atoms with Gasteiger partial charge in [-0.3, -0.25) is 10.1 Å². The Balaban J connectivity index is 2.06. The molecule has 1 N–H and O–H groups in total. The van der Waals surface area contributed by atoms with Crippen LogP contribution in [0.4, 0.5) is 5.95 Å². The zero-order valence-electron chi connectivity index (χ0n) is 15.0. The third-order valence-electron chi connectivity index (χ3n) is 3.29. The molecule has 0 spiro atoms. The third kappa shape index (κ3) is 5.60. The quantitative estimate of drug-likeness (QED) is 0.780. The molecule has 1 aromatic heterocycles. The molecule has 6 nitrogen and oxygen atoms in total. The second-order valence-electron chi connectivity index (χ2n) is 5.56. The molecule has 0 radical (unpaired) electrons. The summed E-state index contributed by atoms with van der Waals surface area (Å²) in [5.41, 5.74) is 2.44. The summed E-state index contributed by atoms with van der Waals surface area (Å²) < 4.78 is 10.9. The molecule has 6 heteroatoms. The molecule has 2 rings (SSSR count).